The number of benzene rings is 3. The van der Waals surface area contributed by atoms with Crippen molar-refractivity contribution in [1.29, 1.82) is 0 Å². The summed E-state index contributed by atoms with van der Waals surface area (Å²) in [5.41, 5.74) is 2.58. The molecule has 10 heteroatoms. The van der Waals surface area contributed by atoms with Crippen LogP contribution in [0, 0.1) is 0 Å². The van der Waals surface area contributed by atoms with Crippen molar-refractivity contribution in [3.63, 3.8) is 0 Å². The Hall–Kier alpha value is -2.59. The van der Waals surface area contributed by atoms with Gasteiger partial charge >= 0.3 is 0 Å². The molecule has 2 N–H and O–H groups in total. The molecule has 0 saturated carbocycles. The minimum Gasteiger partial charge on any atom is -0.497 e. The number of halogens is 2. The lowest BCUT2D eigenvalue weighted by Gasteiger charge is -2.06. The maximum atomic E-state index is 12.5. The van der Waals surface area contributed by atoms with E-state index in [2.05, 4.69) is 31.5 Å². The number of nitrogens with zero attached hydrogens (tertiary/aromatic N) is 1. The topological polar surface area (TPSA) is 80.3 Å². The molecule has 6 nitrogen and oxygen atoms in total. The van der Waals surface area contributed by atoms with Crippen molar-refractivity contribution in [2.75, 3.05) is 23.5 Å². The van der Waals surface area contributed by atoms with Crippen LogP contribution in [0.3, 0.4) is 0 Å². The van der Waals surface area contributed by atoms with E-state index in [4.69, 9.17) is 16.3 Å². The highest BCUT2D eigenvalue weighted by Gasteiger charge is 2.12. The van der Waals surface area contributed by atoms with Crippen LogP contribution in [0.25, 0.3) is 10.2 Å². The van der Waals surface area contributed by atoms with Crippen molar-refractivity contribution in [1.82, 2.24) is 4.98 Å². The van der Waals surface area contributed by atoms with Crippen LogP contribution in [0.1, 0.15) is 10.4 Å². The van der Waals surface area contributed by atoms with Gasteiger partial charge in [-0.15, -0.1) is 11.3 Å². The summed E-state index contributed by atoms with van der Waals surface area (Å²) >= 11 is 12.3. The number of carbonyl (C=O) groups excluding carboxylic acids is 2. The molecule has 2 amide bonds. The van der Waals surface area contributed by atoms with Gasteiger partial charge in [0.05, 0.1) is 33.8 Å². The summed E-state index contributed by atoms with van der Waals surface area (Å²) in [6.07, 6.45) is 0. The Balaban J connectivity index is 1.38. The SMILES string of the molecule is COc1ccc(C(=O)Nc2ccc3nc(SCC(=O)Nc4ccc(Br)cc4Cl)sc3c2)cc1. The van der Waals surface area contributed by atoms with Gasteiger partial charge in [0.15, 0.2) is 4.34 Å². The van der Waals surface area contributed by atoms with Crippen molar-refractivity contribution < 1.29 is 14.3 Å². The molecule has 3 aromatic carbocycles. The summed E-state index contributed by atoms with van der Waals surface area (Å²) < 4.78 is 7.64. The Morgan fingerprint density at radius 2 is 1.88 bits per heavy atom. The molecule has 0 aliphatic carbocycles. The highest BCUT2D eigenvalue weighted by molar-refractivity contribution is 9.10. The fourth-order valence-corrected chi connectivity index (χ4v) is 5.52. The molecular weight excluding hydrogens is 546 g/mol. The summed E-state index contributed by atoms with van der Waals surface area (Å²) in [6, 6.07) is 17.7. The molecule has 0 spiro atoms. The Morgan fingerprint density at radius 3 is 2.61 bits per heavy atom. The van der Waals surface area contributed by atoms with E-state index >= 15 is 0 Å². The van der Waals surface area contributed by atoms with E-state index in [-0.39, 0.29) is 17.6 Å². The molecule has 0 saturated heterocycles. The maximum absolute atomic E-state index is 12.5. The second-order valence-corrected chi connectivity index (χ2v) is 10.4. The molecular formula is C23H17BrClN3O3S2. The third kappa shape index (κ3) is 6.05. The van der Waals surface area contributed by atoms with Crippen LogP contribution in [0.15, 0.2) is 69.5 Å². The summed E-state index contributed by atoms with van der Waals surface area (Å²) in [5, 5.41) is 6.16. The summed E-state index contributed by atoms with van der Waals surface area (Å²) in [4.78, 5) is 29.4. The smallest absolute Gasteiger partial charge is 0.255 e. The van der Waals surface area contributed by atoms with E-state index in [1.165, 1.54) is 23.1 Å². The first-order chi connectivity index (χ1) is 15.9. The monoisotopic (exact) mass is 561 g/mol. The van der Waals surface area contributed by atoms with Crippen LogP contribution in [0.2, 0.25) is 5.02 Å². The van der Waals surface area contributed by atoms with E-state index in [0.717, 1.165) is 19.0 Å². The zero-order valence-electron chi connectivity index (χ0n) is 17.2. The van der Waals surface area contributed by atoms with Crippen LogP contribution in [-0.2, 0) is 4.79 Å². The number of fused-ring (bicyclic) bond motifs is 1. The first-order valence-electron chi connectivity index (χ1n) is 9.65. The molecule has 4 rings (SSSR count). The van der Waals surface area contributed by atoms with Gasteiger partial charge in [-0.25, -0.2) is 4.98 Å². The third-order valence-corrected chi connectivity index (χ3v) is 7.48. The number of nitrogens with one attached hydrogen (secondary N) is 2. The number of hydrogen-bond donors (Lipinski definition) is 2. The Kier molecular flexibility index (Phi) is 7.54. The van der Waals surface area contributed by atoms with Gasteiger partial charge < -0.3 is 15.4 Å². The van der Waals surface area contributed by atoms with E-state index in [9.17, 15) is 9.59 Å². The summed E-state index contributed by atoms with van der Waals surface area (Å²) in [5.74, 6) is 0.513. The van der Waals surface area contributed by atoms with Crippen molar-refractivity contribution in [3.8, 4) is 5.75 Å². The van der Waals surface area contributed by atoms with E-state index in [1.807, 2.05) is 18.2 Å². The maximum Gasteiger partial charge on any atom is 0.255 e. The highest BCUT2D eigenvalue weighted by atomic mass is 79.9. The number of thioether (sulfide) groups is 1. The minimum atomic E-state index is -0.209. The lowest BCUT2D eigenvalue weighted by atomic mass is 10.2. The molecule has 33 heavy (non-hydrogen) atoms. The number of methoxy groups -OCH3 is 1. The molecule has 4 aromatic rings. The van der Waals surface area contributed by atoms with Crippen molar-refractivity contribution in [2.24, 2.45) is 0 Å². The largest absolute Gasteiger partial charge is 0.497 e. The van der Waals surface area contributed by atoms with Gasteiger partial charge in [0, 0.05) is 15.7 Å². The molecule has 168 valence electrons. The minimum absolute atomic E-state index is 0.170. The number of carbonyl (C=O) groups is 2. The average Bonchev–Trinajstić information content (AvgIpc) is 3.22. The molecule has 1 aromatic heterocycles. The van der Waals surface area contributed by atoms with Gasteiger partial charge in [-0.1, -0.05) is 39.3 Å². The van der Waals surface area contributed by atoms with Crippen LogP contribution in [0.4, 0.5) is 11.4 Å². The predicted molar refractivity (Wildman–Crippen MR) is 139 cm³/mol. The van der Waals surface area contributed by atoms with Crippen molar-refractivity contribution in [2.45, 2.75) is 4.34 Å². The van der Waals surface area contributed by atoms with Crippen molar-refractivity contribution in [3.05, 3.63) is 75.7 Å². The van der Waals surface area contributed by atoms with Gasteiger partial charge in [0.2, 0.25) is 5.91 Å². The first kappa shape index (κ1) is 23.6. The van der Waals surface area contributed by atoms with E-state index < -0.39 is 0 Å². The average molecular weight is 563 g/mol. The molecule has 0 radical (unpaired) electrons. The number of thiazole rings is 1. The molecule has 0 aliphatic heterocycles. The number of amides is 2. The van der Waals surface area contributed by atoms with Crippen LogP contribution < -0.4 is 15.4 Å². The van der Waals surface area contributed by atoms with E-state index in [1.54, 1.807) is 49.6 Å². The fraction of sp³-hybridized carbons (Fsp3) is 0.0870. The van der Waals surface area contributed by atoms with Crippen LogP contribution in [0.5, 0.6) is 5.75 Å². The molecule has 0 aliphatic rings. The second kappa shape index (κ2) is 10.6. The van der Waals surface area contributed by atoms with E-state index in [0.29, 0.717) is 27.7 Å². The summed E-state index contributed by atoms with van der Waals surface area (Å²) in [6.45, 7) is 0. The lowest BCUT2D eigenvalue weighted by molar-refractivity contribution is -0.113. The molecule has 1 heterocycles. The second-order valence-electron chi connectivity index (χ2n) is 6.81. The predicted octanol–water partition coefficient (Wildman–Crippen LogP) is 6.70. The quantitative estimate of drug-likeness (QED) is 0.245. The van der Waals surface area contributed by atoms with Crippen LogP contribution in [-0.4, -0.2) is 29.7 Å². The van der Waals surface area contributed by atoms with Gasteiger partial charge in [0.1, 0.15) is 5.75 Å². The highest BCUT2D eigenvalue weighted by Crippen LogP contribution is 2.32. The molecule has 0 bridgehead atoms. The number of rotatable bonds is 7. The Morgan fingerprint density at radius 1 is 1.09 bits per heavy atom. The van der Waals surface area contributed by atoms with Crippen LogP contribution >= 0.6 is 50.6 Å². The molecule has 0 unspecified atom stereocenters. The summed E-state index contributed by atoms with van der Waals surface area (Å²) in [7, 11) is 1.58. The normalized spacial score (nSPS) is 10.8. The number of ether oxygens (including phenoxy) is 1. The third-order valence-electron chi connectivity index (χ3n) is 4.51. The zero-order valence-corrected chi connectivity index (χ0v) is 21.2. The van der Waals surface area contributed by atoms with Gasteiger partial charge in [-0.2, -0.15) is 0 Å². The molecule has 0 atom stereocenters. The number of anilines is 2. The standard InChI is InChI=1S/C23H17BrClN3O3S2/c1-31-16-6-2-13(3-7-16)22(30)26-15-5-9-19-20(11-15)33-23(28-19)32-12-21(29)27-18-8-4-14(24)10-17(18)25/h2-11H,12H2,1H3,(H,26,30)(H,27,29). The number of hydrogen-bond acceptors (Lipinski definition) is 6. The number of aromatic nitrogens is 1. The van der Waals surface area contributed by atoms with Gasteiger partial charge in [-0.05, 0) is 60.7 Å². The van der Waals surface area contributed by atoms with Gasteiger partial charge in [0.25, 0.3) is 5.91 Å². The Labute approximate surface area is 211 Å². The zero-order chi connectivity index (χ0) is 23.4. The first-order valence-corrected chi connectivity index (χ1v) is 12.6. The van der Waals surface area contributed by atoms with Gasteiger partial charge in [-0.3, -0.25) is 9.59 Å². The Bertz CT molecular complexity index is 1330. The van der Waals surface area contributed by atoms with Crippen molar-refractivity contribution >= 4 is 84.0 Å². The lowest BCUT2D eigenvalue weighted by Crippen LogP contribution is -2.14. The fourth-order valence-electron chi connectivity index (χ4n) is 2.89. The molecule has 0 fully saturated rings.